The first-order chi connectivity index (χ1) is 12.1. The van der Waals surface area contributed by atoms with Crippen LogP contribution in [0.1, 0.15) is 23.2 Å². The van der Waals surface area contributed by atoms with E-state index in [0.717, 1.165) is 19.4 Å². The fourth-order valence-corrected chi connectivity index (χ4v) is 3.23. The van der Waals surface area contributed by atoms with Crippen molar-refractivity contribution in [2.24, 2.45) is 5.92 Å². The molecule has 3 rings (SSSR count). The second-order valence-corrected chi connectivity index (χ2v) is 6.22. The van der Waals surface area contributed by atoms with Crippen LogP contribution in [0.15, 0.2) is 36.9 Å². The molecule has 1 aliphatic rings. The zero-order valence-electron chi connectivity index (χ0n) is 14.1. The number of piperidine rings is 1. The van der Waals surface area contributed by atoms with E-state index in [0.29, 0.717) is 30.3 Å². The second kappa shape index (κ2) is 7.43. The van der Waals surface area contributed by atoms with Gasteiger partial charge in [-0.3, -0.25) is 14.9 Å². The number of nitrogens with zero attached hydrogens (tertiary/aromatic N) is 4. The highest BCUT2D eigenvalue weighted by molar-refractivity contribution is 5.95. The van der Waals surface area contributed by atoms with E-state index in [1.165, 1.54) is 12.4 Å². The fraction of sp³-hybridized carbons (Fsp3) is 0.412. The number of hydrogen-bond acceptors (Lipinski definition) is 5. The lowest BCUT2D eigenvalue weighted by atomic mass is 9.96. The molecule has 2 heterocycles. The number of aromatic nitrogens is 2. The number of benzene rings is 1. The van der Waals surface area contributed by atoms with Gasteiger partial charge in [0.15, 0.2) is 0 Å². The van der Waals surface area contributed by atoms with Crippen LogP contribution in [0.2, 0.25) is 0 Å². The van der Waals surface area contributed by atoms with E-state index in [2.05, 4.69) is 10.3 Å². The van der Waals surface area contributed by atoms with Crippen LogP contribution in [-0.2, 0) is 0 Å². The third kappa shape index (κ3) is 3.69. The van der Waals surface area contributed by atoms with Crippen molar-refractivity contribution < 1.29 is 9.72 Å². The molecule has 1 fully saturated rings. The fourth-order valence-electron chi connectivity index (χ4n) is 3.23. The molecule has 1 aromatic carbocycles. The van der Waals surface area contributed by atoms with Gasteiger partial charge in [-0.05, 0) is 44.5 Å². The maximum absolute atomic E-state index is 12.7. The van der Waals surface area contributed by atoms with Crippen molar-refractivity contribution in [3.63, 3.8) is 0 Å². The summed E-state index contributed by atoms with van der Waals surface area (Å²) in [6.45, 7) is 2.32. The maximum Gasteiger partial charge on any atom is 0.294 e. The standard InChI is InChI=1S/C17H21N5O3/c1-18-11-13-4-7-20(8-5-13)17(23)14-2-3-15(16(10-14)22(24)25)21-9-6-19-12-21/h2-3,6,9-10,12-13,18H,4-5,7-8,11H2,1H3. The van der Waals surface area contributed by atoms with Crippen molar-refractivity contribution in [2.75, 3.05) is 26.7 Å². The van der Waals surface area contributed by atoms with Gasteiger partial charge in [0.05, 0.1) is 11.3 Å². The van der Waals surface area contributed by atoms with Gasteiger partial charge < -0.3 is 14.8 Å². The van der Waals surface area contributed by atoms with E-state index in [1.807, 2.05) is 7.05 Å². The summed E-state index contributed by atoms with van der Waals surface area (Å²) in [6, 6.07) is 4.60. The summed E-state index contributed by atoms with van der Waals surface area (Å²) in [5.74, 6) is 0.426. The first kappa shape index (κ1) is 17.1. The summed E-state index contributed by atoms with van der Waals surface area (Å²) >= 11 is 0. The third-order valence-electron chi connectivity index (χ3n) is 4.60. The Balaban J connectivity index is 1.80. The number of likely N-dealkylation sites (tertiary alicyclic amines) is 1. The summed E-state index contributed by atoms with van der Waals surface area (Å²) in [5.41, 5.74) is 0.642. The Bertz CT molecular complexity index is 752. The van der Waals surface area contributed by atoms with Gasteiger partial charge in [0.25, 0.3) is 11.6 Å². The Morgan fingerprint density at radius 3 is 2.76 bits per heavy atom. The van der Waals surface area contributed by atoms with Crippen LogP contribution in [0.3, 0.4) is 0 Å². The van der Waals surface area contributed by atoms with Gasteiger partial charge in [0, 0.05) is 37.1 Å². The van der Waals surface area contributed by atoms with Gasteiger partial charge in [0.2, 0.25) is 0 Å². The second-order valence-electron chi connectivity index (χ2n) is 6.22. The van der Waals surface area contributed by atoms with E-state index in [9.17, 15) is 14.9 Å². The van der Waals surface area contributed by atoms with Crippen molar-refractivity contribution in [3.05, 3.63) is 52.6 Å². The van der Waals surface area contributed by atoms with Gasteiger partial charge in [-0.1, -0.05) is 0 Å². The van der Waals surface area contributed by atoms with E-state index < -0.39 is 4.92 Å². The highest BCUT2D eigenvalue weighted by atomic mass is 16.6. The summed E-state index contributed by atoms with van der Waals surface area (Å²) in [4.78, 5) is 29.4. The zero-order valence-corrected chi connectivity index (χ0v) is 14.1. The average Bonchev–Trinajstić information content (AvgIpc) is 3.16. The molecular formula is C17H21N5O3. The molecule has 1 saturated heterocycles. The smallest absolute Gasteiger partial charge is 0.294 e. The van der Waals surface area contributed by atoms with Crippen molar-refractivity contribution in [1.82, 2.24) is 19.8 Å². The minimum Gasteiger partial charge on any atom is -0.339 e. The lowest BCUT2D eigenvalue weighted by molar-refractivity contribution is -0.384. The number of hydrogen-bond donors (Lipinski definition) is 1. The summed E-state index contributed by atoms with van der Waals surface area (Å²) < 4.78 is 1.57. The van der Waals surface area contributed by atoms with Crippen LogP contribution in [0.4, 0.5) is 5.69 Å². The van der Waals surface area contributed by atoms with Gasteiger partial charge in [-0.25, -0.2) is 4.98 Å². The molecule has 0 atom stereocenters. The quantitative estimate of drug-likeness (QED) is 0.660. The number of nitrogens with one attached hydrogen (secondary N) is 1. The van der Waals surface area contributed by atoms with E-state index in [-0.39, 0.29) is 11.6 Å². The van der Waals surface area contributed by atoms with Gasteiger partial charge in [0.1, 0.15) is 5.69 Å². The number of nitro benzene ring substituents is 1. The topological polar surface area (TPSA) is 93.3 Å². The van der Waals surface area contributed by atoms with Crippen LogP contribution >= 0.6 is 0 Å². The molecule has 1 aromatic heterocycles. The van der Waals surface area contributed by atoms with Crippen molar-refractivity contribution in [1.29, 1.82) is 0 Å². The van der Waals surface area contributed by atoms with Crippen molar-refractivity contribution >= 4 is 11.6 Å². The number of nitro groups is 1. The van der Waals surface area contributed by atoms with Crippen LogP contribution in [0, 0.1) is 16.0 Å². The largest absolute Gasteiger partial charge is 0.339 e. The average molecular weight is 343 g/mol. The van der Waals surface area contributed by atoms with Crippen LogP contribution in [0.5, 0.6) is 0 Å². The first-order valence-corrected chi connectivity index (χ1v) is 8.31. The Morgan fingerprint density at radius 1 is 1.40 bits per heavy atom. The molecule has 0 bridgehead atoms. The van der Waals surface area contributed by atoms with Crippen molar-refractivity contribution in [3.8, 4) is 5.69 Å². The van der Waals surface area contributed by atoms with Gasteiger partial charge in [-0.2, -0.15) is 0 Å². The Hall–Kier alpha value is -2.74. The predicted octanol–water partition coefficient (Wildman–Crippen LogP) is 1.85. The highest BCUT2D eigenvalue weighted by Crippen LogP contribution is 2.26. The summed E-state index contributed by atoms with van der Waals surface area (Å²) in [7, 11) is 1.93. The Kier molecular flexibility index (Phi) is 5.08. The number of rotatable bonds is 5. The number of amides is 1. The van der Waals surface area contributed by atoms with Crippen LogP contribution in [0.25, 0.3) is 5.69 Å². The van der Waals surface area contributed by atoms with Crippen molar-refractivity contribution in [2.45, 2.75) is 12.8 Å². The van der Waals surface area contributed by atoms with Gasteiger partial charge >= 0.3 is 0 Å². The first-order valence-electron chi connectivity index (χ1n) is 8.31. The predicted molar refractivity (Wildman–Crippen MR) is 92.8 cm³/mol. The van der Waals surface area contributed by atoms with Crippen LogP contribution < -0.4 is 5.32 Å². The Morgan fingerprint density at radius 2 is 2.16 bits per heavy atom. The molecule has 132 valence electrons. The molecule has 8 nitrogen and oxygen atoms in total. The number of carbonyl (C=O) groups is 1. The molecule has 0 unspecified atom stereocenters. The molecule has 25 heavy (non-hydrogen) atoms. The molecule has 0 radical (unpaired) electrons. The molecule has 0 spiro atoms. The molecule has 1 N–H and O–H groups in total. The Labute approximate surface area is 145 Å². The lowest BCUT2D eigenvalue weighted by Gasteiger charge is -2.32. The third-order valence-corrected chi connectivity index (χ3v) is 4.60. The zero-order chi connectivity index (χ0) is 17.8. The highest BCUT2D eigenvalue weighted by Gasteiger charge is 2.25. The monoisotopic (exact) mass is 343 g/mol. The molecule has 0 aliphatic carbocycles. The summed E-state index contributed by atoms with van der Waals surface area (Å²) in [5, 5.41) is 14.6. The molecular weight excluding hydrogens is 322 g/mol. The minimum atomic E-state index is -0.467. The molecule has 1 aliphatic heterocycles. The van der Waals surface area contributed by atoms with E-state index in [4.69, 9.17) is 0 Å². The van der Waals surface area contributed by atoms with Crippen LogP contribution in [-0.4, -0.2) is 52.0 Å². The van der Waals surface area contributed by atoms with Gasteiger partial charge in [-0.15, -0.1) is 0 Å². The van der Waals surface area contributed by atoms with E-state index in [1.54, 1.807) is 34.0 Å². The number of imidazole rings is 1. The number of carbonyl (C=O) groups excluding carboxylic acids is 1. The maximum atomic E-state index is 12.7. The van der Waals surface area contributed by atoms with E-state index >= 15 is 0 Å². The molecule has 2 aromatic rings. The molecule has 1 amide bonds. The molecule has 8 heteroatoms. The molecule has 0 saturated carbocycles. The minimum absolute atomic E-state index is 0.103. The lowest BCUT2D eigenvalue weighted by Crippen LogP contribution is -2.40. The normalized spacial score (nSPS) is 15.3. The summed E-state index contributed by atoms with van der Waals surface area (Å²) in [6.07, 6.45) is 6.58. The SMILES string of the molecule is CNCC1CCN(C(=O)c2ccc(-n3ccnc3)c([N+](=O)[O-])c2)CC1.